The highest BCUT2D eigenvalue weighted by molar-refractivity contribution is 9.10. The molecule has 0 unspecified atom stereocenters. The lowest BCUT2D eigenvalue weighted by Crippen LogP contribution is -2.47. The third kappa shape index (κ3) is 3.56. The van der Waals surface area contributed by atoms with E-state index in [1.807, 2.05) is 0 Å². The average Bonchev–Trinajstić information content (AvgIpc) is 2.74. The van der Waals surface area contributed by atoms with E-state index in [0.29, 0.717) is 17.3 Å². The molecule has 0 atom stereocenters. The Balaban J connectivity index is 2.18. The van der Waals surface area contributed by atoms with Crippen molar-refractivity contribution in [2.24, 2.45) is 0 Å². The maximum Gasteiger partial charge on any atom is 0.305 e. The van der Waals surface area contributed by atoms with Crippen molar-refractivity contribution >= 4 is 27.8 Å². The number of amides is 1. The van der Waals surface area contributed by atoms with Gasteiger partial charge in [0, 0.05) is 10.0 Å². The highest BCUT2D eigenvalue weighted by Crippen LogP contribution is 2.33. The summed E-state index contributed by atoms with van der Waals surface area (Å²) in [7, 11) is 0. The Labute approximate surface area is 124 Å². The molecule has 1 aliphatic carbocycles. The average molecular weight is 344 g/mol. The first-order chi connectivity index (χ1) is 9.40. The minimum Gasteiger partial charge on any atom is -0.481 e. The summed E-state index contributed by atoms with van der Waals surface area (Å²) in [5.41, 5.74) is -0.518. The van der Waals surface area contributed by atoms with Crippen molar-refractivity contribution < 1.29 is 19.1 Å². The van der Waals surface area contributed by atoms with E-state index in [0.717, 1.165) is 18.9 Å². The zero-order chi connectivity index (χ0) is 14.8. The van der Waals surface area contributed by atoms with E-state index in [2.05, 4.69) is 21.2 Å². The Morgan fingerprint density at radius 3 is 2.50 bits per heavy atom. The first kappa shape index (κ1) is 15.0. The molecule has 0 aliphatic heterocycles. The van der Waals surface area contributed by atoms with Crippen LogP contribution in [-0.4, -0.2) is 22.5 Å². The van der Waals surface area contributed by atoms with Crippen LogP contribution in [0, 0.1) is 5.82 Å². The van der Waals surface area contributed by atoms with E-state index < -0.39 is 23.2 Å². The molecular weight excluding hydrogens is 329 g/mol. The van der Waals surface area contributed by atoms with Crippen molar-refractivity contribution in [2.75, 3.05) is 0 Å². The molecule has 4 nitrogen and oxygen atoms in total. The predicted octanol–water partition coefficient (Wildman–Crippen LogP) is 3.11. The fourth-order valence-corrected chi connectivity index (χ4v) is 3.15. The molecule has 0 aromatic heterocycles. The summed E-state index contributed by atoms with van der Waals surface area (Å²) < 4.78 is 13.8. The van der Waals surface area contributed by atoms with E-state index in [9.17, 15) is 14.0 Å². The number of rotatable bonds is 4. The van der Waals surface area contributed by atoms with Crippen LogP contribution in [0.15, 0.2) is 22.7 Å². The summed E-state index contributed by atoms with van der Waals surface area (Å²) >= 11 is 3.13. The summed E-state index contributed by atoms with van der Waals surface area (Å²) in [5.74, 6) is -1.88. The normalized spacial score (nSPS) is 16.9. The zero-order valence-corrected chi connectivity index (χ0v) is 12.4. The molecule has 1 aromatic rings. The van der Waals surface area contributed by atoms with Crippen molar-refractivity contribution in [1.82, 2.24) is 5.32 Å². The SMILES string of the molecule is O=C(O)CC1(NC(=O)c2cc(F)cc(Br)c2)CCCC1. The molecule has 1 aromatic carbocycles. The molecular formula is C14H15BrFNO3. The van der Waals surface area contributed by atoms with Crippen molar-refractivity contribution in [1.29, 1.82) is 0 Å². The molecule has 20 heavy (non-hydrogen) atoms. The van der Waals surface area contributed by atoms with Crippen molar-refractivity contribution in [3.05, 3.63) is 34.1 Å². The van der Waals surface area contributed by atoms with Crippen molar-refractivity contribution in [3.63, 3.8) is 0 Å². The van der Waals surface area contributed by atoms with E-state index in [-0.39, 0.29) is 12.0 Å². The Hall–Kier alpha value is -1.43. The molecule has 1 aliphatic rings. The van der Waals surface area contributed by atoms with Crippen LogP contribution in [0.3, 0.4) is 0 Å². The number of hydrogen-bond donors (Lipinski definition) is 2. The lowest BCUT2D eigenvalue weighted by Gasteiger charge is -2.28. The predicted molar refractivity (Wildman–Crippen MR) is 75.0 cm³/mol. The van der Waals surface area contributed by atoms with Gasteiger partial charge in [0.25, 0.3) is 5.91 Å². The molecule has 0 saturated heterocycles. The fourth-order valence-electron chi connectivity index (χ4n) is 2.69. The van der Waals surface area contributed by atoms with Gasteiger partial charge in [-0.1, -0.05) is 28.8 Å². The molecule has 0 radical (unpaired) electrons. The molecule has 0 bridgehead atoms. The van der Waals surface area contributed by atoms with Gasteiger partial charge in [-0.25, -0.2) is 4.39 Å². The second kappa shape index (κ2) is 5.91. The number of halogens is 2. The van der Waals surface area contributed by atoms with Gasteiger partial charge in [-0.15, -0.1) is 0 Å². The topological polar surface area (TPSA) is 66.4 Å². The van der Waals surface area contributed by atoms with Gasteiger partial charge in [0.05, 0.1) is 12.0 Å². The van der Waals surface area contributed by atoms with Gasteiger partial charge in [0.2, 0.25) is 0 Å². The Morgan fingerprint density at radius 2 is 1.95 bits per heavy atom. The van der Waals surface area contributed by atoms with Gasteiger partial charge in [-0.05, 0) is 31.0 Å². The number of aliphatic carboxylic acids is 1. The molecule has 0 heterocycles. The number of carbonyl (C=O) groups excluding carboxylic acids is 1. The fraction of sp³-hybridized carbons (Fsp3) is 0.429. The highest BCUT2D eigenvalue weighted by atomic mass is 79.9. The molecule has 0 spiro atoms. The maximum atomic E-state index is 13.3. The molecule has 1 amide bonds. The van der Waals surface area contributed by atoms with E-state index >= 15 is 0 Å². The Kier molecular flexibility index (Phi) is 4.42. The molecule has 6 heteroatoms. The van der Waals surface area contributed by atoms with Gasteiger partial charge in [0.1, 0.15) is 5.82 Å². The smallest absolute Gasteiger partial charge is 0.305 e. The molecule has 1 fully saturated rings. The van der Waals surface area contributed by atoms with Gasteiger partial charge in [-0.3, -0.25) is 9.59 Å². The largest absolute Gasteiger partial charge is 0.481 e. The monoisotopic (exact) mass is 343 g/mol. The van der Waals surface area contributed by atoms with Crippen LogP contribution in [0.4, 0.5) is 4.39 Å². The van der Waals surface area contributed by atoms with Gasteiger partial charge >= 0.3 is 5.97 Å². The van der Waals surface area contributed by atoms with Crippen LogP contribution in [0.2, 0.25) is 0 Å². The second-order valence-corrected chi connectivity index (χ2v) is 6.09. The summed E-state index contributed by atoms with van der Waals surface area (Å²) in [6.45, 7) is 0. The minimum atomic E-state index is -0.937. The quantitative estimate of drug-likeness (QED) is 0.882. The maximum absolute atomic E-state index is 13.3. The Morgan fingerprint density at radius 1 is 1.30 bits per heavy atom. The summed E-state index contributed by atoms with van der Waals surface area (Å²) in [6.07, 6.45) is 2.96. The summed E-state index contributed by atoms with van der Waals surface area (Å²) in [6, 6.07) is 3.92. The molecule has 108 valence electrons. The van der Waals surface area contributed by atoms with E-state index in [1.54, 1.807) is 0 Å². The van der Waals surface area contributed by atoms with Crippen LogP contribution in [0.1, 0.15) is 42.5 Å². The van der Waals surface area contributed by atoms with Crippen molar-refractivity contribution in [2.45, 2.75) is 37.6 Å². The minimum absolute atomic E-state index is 0.102. The van der Waals surface area contributed by atoms with Crippen LogP contribution in [0.25, 0.3) is 0 Å². The third-order valence-corrected chi connectivity index (χ3v) is 4.01. The zero-order valence-electron chi connectivity index (χ0n) is 10.8. The number of carbonyl (C=O) groups is 2. The molecule has 2 rings (SSSR count). The third-order valence-electron chi connectivity index (χ3n) is 3.55. The lowest BCUT2D eigenvalue weighted by atomic mass is 9.92. The van der Waals surface area contributed by atoms with Crippen molar-refractivity contribution in [3.8, 4) is 0 Å². The second-order valence-electron chi connectivity index (χ2n) is 5.17. The highest BCUT2D eigenvalue weighted by Gasteiger charge is 2.37. The van der Waals surface area contributed by atoms with Gasteiger partial charge in [-0.2, -0.15) is 0 Å². The molecule has 1 saturated carbocycles. The van der Waals surface area contributed by atoms with E-state index in [4.69, 9.17) is 5.11 Å². The van der Waals surface area contributed by atoms with Gasteiger partial charge < -0.3 is 10.4 Å². The lowest BCUT2D eigenvalue weighted by molar-refractivity contribution is -0.138. The first-order valence-electron chi connectivity index (χ1n) is 6.41. The van der Waals surface area contributed by atoms with Crippen LogP contribution >= 0.6 is 15.9 Å². The standard InChI is InChI=1S/C14H15BrFNO3/c15-10-5-9(6-11(16)7-10)13(20)17-14(8-12(18)19)3-1-2-4-14/h5-7H,1-4,8H2,(H,17,20)(H,18,19). The number of hydrogen-bond acceptors (Lipinski definition) is 2. The van der Waals surface area contributed by atoms with E-state index in [1.165, 1.54) is 12.1 Å². The first-order valence-corrected chi connectivity index (χ1v) is 7.20. The Bertz CT molecular complexity index is 521. The van der Waals surface area contributed by atoms with Crippen LogP contribution in [-0.2, 0) is 4.79 Å². The summed E-state index contributed by atoms with van der Waals surface area (Å²) in [5, 5.41) is 11.8. The van der Waals surface area contributed by atoms with Gasteiger partial charge in [0.15, 0.2) is 0 Å². The number of carboxylic acids is 1. The number of carboxylic acid groups (broad SMARTS) is 1. The summed E-state index contributed by atoms with van der Waals surface area (Å²) in [4.78, 5) is 23.2. The molecule has 2 N–H and O–H groups in total. The van der Waals surface area contributed by atoms with Crippen LogP contribution < -0.4 is 5.32 Å². The number of nitrogens with one attached hydrogen (secondary N) is 1. The van der Waals surface area contributed by atoms with Crippen LogP contribution in [0.5, 0.6) is 0 Å². The number of benzene rings is 1.